The molecule has 0 saturated heterocycles. The number of hydrogen-bond acceptors (Lipinski definition) is 4. The number of rotatable bonds is 5. The summed E-state index contributed by atoms with van der Waals surface area (Å²) in [7, 11) is 1.62. The van der Waals surface area contributed by atoms with Gasteiger partial charge in [0.15, 0.2) is 4.77 Å². The molecule has 2 N–H and O–H groups in total. The Morgan fingerprint density at radius 2 is 2.15 bits per heavy atom. The lowest BCUT2D eigenvalue weighted by Crippen LogP contribution is -2.31. The van der Waals surface area contributed by atoms with Crippen molar-refractivity contribution in [3.63, 3.8) is 0 Å². The molecule has 2 aromatic rings. The summed E-state index contributed by atoms with van der Waals surface area (Å²) in [6.45, 7) is 3.20. The van der Waals surface area contributed by atoms with E-state index in [1.165, 1.54) is 23.8 Å². The number of aromatic nitrogens is 2. The van der Waals surface area contributed by atoms with Gasteiger partial charge in [0.1, 0.15) is 0 Å². The zero-order valence-electron chi connectivity index (χ0n) is 15.2. The number of benzene rings is 1. The maximum atomic E-state index is 12.4. The van der Waals surface area contributed by atoms with Crippen molar-refractivity contribution in [1.29, 1.82) is 0 Å². The Balaban J connectivity index is 1.60. The molecule has 26 heavy (non-hydrogen) atoms. The van der Waals surface area contributed by atoms with Crippen LogP contribution in [-0.4, -0.2) is 34.7 Å². The highest BCUT2D eigenvalue weighted by atomic mass is 32.1. The van der Waals surface area contributed by atoms with Gasteiger partial charge in [-0.1, -0.05) is 19.8 Å². The quantitative estimate of drug-likeness (QED) is 0.622. The molecule has 0 unspecified atom stereocenters. The minimum atomic E-state index is -0.188. The minimum absolute atomic E-state index is 0.175. The molecule has 6 nitrogen and oxygen atoms in total. The third-order valence-electron chi connectivity index (χ3n) is 5.12. The standard InChI is InChI=1S/C19H25N3O3S/c1-12-5-3-4-6-16(12)25-10-9-20-17(23)13-7-8-14-15(11-13)21-19(26)22(2)18(14)24/h7-8,11-12,16H,3-6,9-10H2,1-2H3,(H,20,23)(H,21,26)/t12-,16+/m1/s1. The Kier molecular flexibility index (Phi) is 5.88. The summed E-state index contributed by atoms with van der Waals surface area (Å²) in [6.07, 6.45) is 5.13. The molecule has 1 aliphatic rings. The molecule has 1 amide bonds. The van der Waals surface area contributed by atoms with Gasteiger partial charge in [0.2, 0.25) is 0 Å². The molecule has 0 spiro atoms. The van der Waals surface area contributed by atoms with Crippen molar-refractivity contribution >= 4 is 29.0 Å². The van der Waals surface area contributed by atoms with Crippen LogP contribution in [0.2, 0.25) is 0 Å². The van der Waals surface area contributed by atoms with E-state index >= 15 is 0 Å². The molecular formula is C19H25N3O3S. The molecule has 0 radical (unpaired) electrons. The Morgan fingerprint density at radius 1 is 1.38 bits per heavy atom. The van der Waals surface area contributed by atoms with Crippen LogP contribution in [0.4, 0.5) is 0 Å². The number of carbonyl (C=O) groups is 1. The van der Waals surface area contributed by atoms with Gasteiger partial charge in [-0.3, -0.25) is 14.2 Å². The molecule has 2 atom stereocenters. The van der Waals surface area contributed by atoms with E-state index < -0.39 is 0 Å². The number of nitrogens with one attached hydrogen (secondary N) is 2. The SMILES string of the molecule is C[C@@H]1CCCC[C@@H]1OCCNC(=O)c1ccc2c(=O)n(C)c(=S)[nH]c2c1. The predicted molar refractivity (Wildman–Crippen MR) is 104 cm³/mol. The molecule has 3 rings (SSSR count). The van der Waals surface area contributed by atoms with Crippen LogP contribution in [0.25, 0.3) is 10.9 Å². The van der Waals surface area contributed by atoms with Crippen molar-refractivity contribution in [1.82, 2.24) is 14.9 Å². The van der Waals surface area contributed by atoms with Crippen molar-refractivity contribution in [3.8, 4) is 0 Å². The van der Waals surface area contributed by atoms with Gasteiger partial charge in [-0.15, -0.1) is 0 Å². The second-order valence-corrected chi connectivity index (χ2v) is 7.37. The van der Waals surface area contributed by atoms with E-state index in [-0.39, 0.29) is 11.5 Å². The van der Waals surface area contributed by atoms with Gasteiger partial charge in [-0.25, -0.2) is 0 Å². The van der Waals surface area contributed by atoms with Crippen LogP contribution in [0, 0.1) is 10.7 Å². The van der Waals surface area contributed by atoms with Crippen LogP contribution >= 0.6 is 12.2 Å². The predicted octanol–water partition coefficient (Wildman–Crippen LogP) is 2.92. The summed E-state index contributed by atoms with van der Waals surface area (Å²) < 4.78 is 7.62. The third kappa shape index (κ3) is 4.04. The second kappa shape index (κ2) is 8.14. The van der Waals surface area contributed by atoms with Crippen LogP contribution in [0.1, 0.15) is 43.0 Å². The molecule has 0 aliphatic heterocycles. The number of aromatic amines is 1. The summed E-state index contributed by atoms with van der Waals surface area (Å²) in [5, 5.41) is 3.38. The van der Waals surface area contributed by atoms with E-state index in [1.54, 1.807) is 25.2 Å². The van der Waals surface area contributed by atoms with Crippen LogP contribution in [0.15, 0.2) is 23.0 Å². The monoisotopic (exact) mass is 375 g/mol. The summed E-state index contributed by atoms with van der Waals surface area (Å²) in [6, 6.07) is 4.96. The highest BCUT2D eigenvalue weighted by Gasteiger charge is 2.21. The first-order chi connectivity index (χ1) is 12.5. The van der Waals surface area contributed by atoms with Gasteiger partial charge in [-0.05, 0) is 49.2 Å². The molecule has 1 saturated carbocycles. The first kappa shape index (κ1) is 18.8. The lowest BCUT2D eigenvalue weighted by molar-refractivity contribution is -0.00293. The van der Waals surface area contributed by atoms with Gasteiger partial charge in [0.25, 0.3) is 11.5 Å². The molecule has 140 valence electrons. The van der Waals surface area contributed by atoms with Gasteiger partial charge in [0, 0.05) is 19.2 Å². The fourth-order valence-electron chi connectivity index (χ4n) is 3.45. The Bertz CT molecular complexity index is 918. The molecule has 0 bridgehead atoms. The average Bonchev–Trinajstić information content (AvgIpc) is 2.64. The van der Waals surface area contributed by atoms with Crippen LogP contribution in [0.5, 0.6) is 0 Å². The minimum Gasteiger partial charge on any atom is -0.376 e. The number of H-pyrrole nitrogens is 1. The molecular weight excluding hydrogens is 350 g/mol. The van der Waals surface area contributed by atoms with Crippen LogP contribution < -0.4 is 10.9 Å². The molecule has 1 aromatic heterocycles. The number of nitrogens with zero attached hydrogens (tertiary/aromatic N) is 1. The van der Waals surface area contributed by atoms with E-state index in [2.05, 4.69) is 17.2 Å². The van der Waals surface area contributed by atoms with Crippen molar-refractivity contribution in [2.75, 3.05) is 13.2 Å². The zero-order chi connectivity index (χ0) is 18.7. The Labute approximate surface area is 157 Å². The number of fused-ring (bicyclic) bond motifs is 1. The number of carbonyl (C=O) groups excluding carboxylic acids is 1. The van der Waals surface area contributed by atoms with Gasteiger partial charge >= 0.3 is 0 Å². The fourth-order valence-corrected chi connectivity index (χ4v) is 3.65. The van der Waals surface area contributed by atoms with Gasteiger partial charge in [-0.2, -0.15) is 0 Å². The topological polar surface area (TPSA) is 76.1 Å². The largest absolute Gasteiger partial charge is 0.376 e. The lowest BCUT2D eigenvalue weighted by atomic mass is 9.88. The summed E-state index contributed by atoms with van der Waals surface area (Å²) in [4.78, 5) is 27.5. The van der Waals surface area contributed by atoms with Crippen molar-refractivity contribution in [3.05, 3.63) is 38.9 Å². The van der Waals surface area contributed by atoms with Crippen molar-refractivity contribution in [2.45, 2.75) is 38.7 Å². The highest BCUT2D eigenvalue weighted by Crippen LogP contribution is 2.25. The molecule has 7 heteroatoms. The van der Waals surface area contributed by atoms with E-state index in [4.69, 9.17) is 17.0 Å². The average molecular weight is 375 g/mol. The van der Waals surface area contributed by atoms with Crippen molar-refractivity contribution in [2.24, 2.45) is 13.0 Å². The van der Waals surface area contributed by atoms with E-state index in [0.717, 1.165) is 6.42 Å². The summed E-state index contributed by atoms with van der Waals surface area (Å²) in [5.41, 5.74) is 0.881. The van der Waals surface area contributed by atoms with Gasteiger partial charge in [0.05, 0.1) is 23.6 Å². The first-order valence-corrected chi connectivity index (χ1v) is 9.51. The normalized spacial score (nSPS) is 20.2. The highest BCUT2D eigenvalue weighted by molar-refractivity contribution is 7.71. The fraction of sp³-hybridized carbons (Fsp3) is 0.526. The van der Waals surface area contributed by atoms with E-state index in [1.807, 2.05) is 0 Å². The maximum absolute atomic E-state index is 12.4. The van der Waals surface area contributed by atoms with E-state index in [0.29, 0.717) is 46.4 Å². The first-order valence-electron chi connectivity index (χ1n) is 9.10. The van der Waals surface area contributed by atoms with Crippen molar-refractivity contribution < 1.29 is 9.53 Å². The molecule has 1 aliphatic carbocycles. The number of hydrogen-bond donors (Lipinski definition) is 2. The Hall–Kier alpha value is -1.99. The van der Waals surface area contributed by atoms with Crippen LogP contribution in [0.3, 0.4) is 0 Å². The summed E-state index contributed by atoms with van der Waals surface area (Å²) >= 11 is 5.12. The Morgan fingerprint density at radius 3 is 2.92 bits per heavy atom. The zero-order valence-corrected chi connectivity index (χ0v) is 16.0. The number of ether oxygens (including phenoxy) is 1. The van der Waals surface area contributed by atoms with Crippen LogP contribution in [-0.2, 0) is 11.8 Å². The van der Waals surface area contributed by atoms with E-state index in [9.17, 15) is 9.59 Å². The molecule has 1 fully saturated rings. The maximum Gasteiger partial charge on any atom is 0.261 e. The summed E-state index contributed by atoms with van der Waals surface area (Å²) in [5.74, 6) is 0.401. The third-order valence-corrected chi connectivity index (χ3v) is 5.49. The molecule has 1 aromatic carbocycles. The molecule has 1 heterocycles. The lowest BCUT2D eigenvalue weighted by Gasteiger charge is -2.28. The number of amides is 1. The smallest absolute Gasteiger partial charge is 0.261 e. The van der Waals surface area contributed by atoms with Gasteiger partial charge < -0.3 is 15.0 Å². The second-order valence-electron chi connectivity index (χ2n) is 6.98.